The minimum absolute atomic E-state index is 0.309. The zero-order chi connectivity index (χ0) is 12.5. The van der Waals surface area contributed by atoms with Crippen LogP contribution in [0.15, 0.2) is 34.7 Å². The molecule has 0 spiro atoms. The van der Waals surface area contributed by atoms with E-state index in [-0.39, 0.29) is 0 Å². The van der Waals surface area contributed by atoms with Gasteiger partial charge in [-0.15, -0.1) is 0 Å². The Hall–Kier alpha value is -1.28. The van der Waals surface area contributed by atoms with E-state index in [0.717, 1.165) is 17.3 Å². The first-order chi connectivity index (χ1) is 8.78. The molecule has 96 valence electrons. The van der Waals surface area contributed by atoms with Gasteiger partial charge in [0, 0.05) is 11.4 Å². The normalized spacial score (nSPS) is 24.3. The molecule has 3 atom stereocenters. The van der Waals surface area contributed by atoms with Crippen LogP contribution in [0, 0.1) is 5.92 Å². The smallest absolute Gasteiger partial charge is 0.134 e. The third kappa shape index (κ3) is 2.30. The van der Waals surface area contributed by atoms with Gasteiger partial charge in [-0.1, -0.05) is 31.5 Å². The van der Waals surface area contributed by atoms with Gasteiger partial charge in [-0.2, -0.15) is 0 Å². The first kappa shape index (κ1) is 11.8. The Morgan fingerprint density at radius 1 is 1.39 bits per heavy atom. The third-order valence-electron chi connectivity index (χ3n) is 3.92. The van der Waals surface area contributed by atoms with Crippen molar-refractivity contribution in [2.75, 3.05) is 0 Å². The molecule has 3 unspecified atom stereocenters. The van der Waals surface area contributed by atoms with Gasteiger partial charge in [0.2, 0.25) is 0 Å². The second-order valence-electron chi connectivity index (χ2n) is 5.47. The number of furan rings is 1. The molecule has 1 saturated carbocycles. The molecular formula is C16H21NO. The lowest BCUT2D eigenvalue weighted by molar-refractivity contribution is 0.438. The molecule has 1 aliphatic carbocycles. The van der Waals surface area contributed by atoms with E-state index < -0.39 is 0 Å². The topological polar surface area (TPSA) is 25.2 Å². The molecule has 2 aromatic rings. The highest BCUT2D eigenvalue weighted by Gasteiger charge is 2.37. The van der Waals surface area contributed by atoms with Crippen LogP contribution in [-0.4, -0.2) is 6.04 Å². The van der Waals surface area contributed by atoms with E-state index >= 15 is 0 Å². The molecule has 1 aliphatic rings. The number of fused-ring (bicyclic) bond motifs is 1. The van der Waals surface area contributed by atoms with Crippen LogP contribution in [0.3, 0.4) is 0 Å². The molecule has 2 heteroatoms. The highest BCUT2D eigenvalue weighted by Crippen LogP contribution is 2.36. The standard InChI is InChI=1S/C16H21NO/c1-3-6-12-9-14(12)17-11(2)16-10-13-7-4-5-8-15(13)18-16/h4-5,7-8,10-12,14,17H,3,6,9H2,1-2H3. The summed E-state index contributed by atoms with van der Waals surface area (Å²) in [7, 11) is 0. The molecule has 0 saturated heterocycles. The first-order valence-electron chi connectivity index (χ1n) is 7.02. The predicted molar refractivity (Wildman–Crippen MR) is 74.6 cm³/mol. The maximum atomic E-state index is 5.89. The Morgan fingerprint density at radius 3 is 3.00 bits per heavy atom. The van der Waals surface area contributed by atoms with Gasteiger partial charge < -0.3 is 9.73 Å². The zero-order valence-electron chi connectivity index (χ0n) is 11.1. The molecule has 1 aromatic heterocycles. The average Bonchev–Trinajstić information content (AvgIpc) is 2.94. The van der Waals surface area contributed by atoms with Crippen LogP contribution in [0.25, 0.3) is 11.0 Å². The van der Waals surface area contributed by atoms with E-state index in [4.69, 9.17) is 4.42 Å². The summed E-state index contributed by atoms with van der Waals surface area (Å²) >= 11 is 0. The van der Waals surface area contributed by atoms with Crippen LogP contribution < -0.4 is 5.32 Å². The third-order valence-corrected chi connectivity index (χ3v) is 3.92. The first-order valence-corrected chi connectivity index (χ1v) is 7.02. The summed E-state index contributed by atoms with van der Waals surface area (Å²) in [6.07, 6.45) is 3.98. The summed E-state index contributed by atoms with van der Waals surface area (Å²) in [6.45, 7) is 4.46. The van der Waals surface area contributed by atoms with Crippen LogP contribution >= 0.6 is 0 Å². The summed E-state index contributed by atoms with van der Waals surface area (Å²) in [5.41, 5.74) is 0.988. The largest absolute Gasteiger partial charge is 0.459 e. The maximum absolute atomic E-state index is 5.89. The number of hydrogen-bond donors (Lipinski definition) is 1. The van der Waals surface area contributed by atoms with Gasteiger partial charge >= 0.3 is 0 Å². The molecule has 0 amide bonds. The summed E-state index contributed by atoms with van der Waals surface area (Å²) in [5.74, 6) is 1.94. The second-order valence-corrected chi connectivity index (χ2v) is 5.47. The van der Waals surface area contributed by atoms with E-state index in [1.807, 2.05) is 12.1 Å². The van der Waals surface area contributed by atoms with Gasteiger partial charge in [0.15, 0.2) is 0 Å². The van der Waals surface area contributed by atoms with Gasteiger partial charge in [0.1, 0.15) is 11.3 Å². The van der Waals surface area contributed by atoms with Crippen molar-refractivity contribution in [1.29, 1.82) is 0 Å². The molecule has 0 bridgehead atoms. The van der Waals surface area contributed by atoms with Crippen molar-refractivity contribution in [3.63, 3.8) is 0 Å². The minimum Gasteiger partial charge on any atom is -0.459 e. The zero-order valence-corrected chi connectivity index (χ0v) is 11.1. The van der Waals surface area contributed by atoms with Gasteiger partial charge in [0.25, 0.3) is 0 Å². The molecule has 1 fully saturated rings. The average molecular weight is 243 g/mol. The molecule has 1 heterocycles. The van der Waals surface area contributed by atoms with Gasteiger partial charge in [-0.3, -0.25) is 0 Å². The van der Waals surface area contributed by atoms with E-state index in [9.17, 15) is 0 Å². The van der Waals surface area contributed by atoms with E-state index in [1.165, 1.54) is 24.6 Å². The van der Waals surface area contributed by atoms with Crippen molar-refractivity contribution in [1.82, 2.24) is 5.32 Å². The van der Waals surface area contributed by atoms with Crippen molar-refractivity contribution >= 4 is 11.0 Å². The van der Waals surface area contributed by atoms with Crippen molar-refractivity contribution in [2.24, 2.45) is 5.92 Å². The second kappa shape index (κ2) is 4.77. The predicted octanol–water partition coefficient (Wildman–Crippen LogP) is 4.27. The van der Waals surface area contributed by atoms with Gasteiger partial charge in [0.05, 0.1) is 6.04 Å². The Kier molecular flexibility index (Phi) is 3.13. The maximum Gasteiger partial charge on any atom is 0.134 e. The molecule has 1 aromatic carbocycles. The molecule has 1 N–H and O–H groups in total. The number of hydrogen-bond acceptors (Lipinski definition) is 2. The monoisotopic (exact) mass is 243 g/mol. The minimum atomic E-state index is 0.309. The number of para-hydroxylation sites is 1. The fraction of sp³-hybridized carbons (Fsp3) is 0.500. The van der Waals surface area contributed by atoms with Crippen LogP contribution in [0.4, 0.5) is 0 Å². The van der Waals surface area contributed by atoms with Crippen LogP contribution in [0.5, 0.6) is 0 Å². The summed E-state index contributed by atoms with van der Waals surface area (Å²) in [4.78, 5) is 0. The Labute approximate surface area is 108 Å². The van der Waals surface area contributed by atoms with Crippen molar-refractivity contribution in [3.8, 4) is 0 Å². The Balaban J connectivity index is 1.67. The SMILES string of the molecule is CCCC1CC1NC(C)c1cc2ccccc2o1. The van der Waals surface area contributed by atoms with Gasteiger partial charge in [-0.25, -0.2) is 0 Å². The van der Waals surface area contributed by atoms with Crippen LogP contribution in [0.1, 0.15) is 44.9 Å². The highest BCUT2D eigenvalue weighted by atomic mass is 16.3. The number of rotatable bonds is 5. The van der Waals surface area contributed by atoms with Crippen molar-refractivity contribution in [3.05, 3.63) is 36.1 Å². The summed E-state index contributed by atoms with van der Waals surface area (Å²) in [6, 6.07) is 11.4. The molecule has 0 radical (unpaired) electrons. The lowest BCUT2D eigenvalue weighted by atomic mass is 10.2. The highest BCUT2D eigenvalue weighted by molar-refractivity contribution is 5.77. The quantitative estimate of drug-likeness (QED) is 0.848. The fourth-order valence-corrected chi connectivity index (χ4v) is 2.76. The molecule has 2 nitrogen and oxygen atoms in total. The number of nitrogens with one attached hydrogen (secondary N) is 1. The Morgan fingerprint density at radius 2 is 2.22 bits per heavy atom. The molecular weight excluding hydrogens is 222 g/mol. The molecule has 18 heavy (non-hydrogen) atoms. The van der Waals surface area contributed by atoms with Gasteiger partial charge in [-0.05, 0) is 37.8 Å². The summed E-state index contributed by atoms with van der Waals surface area (Å²) in [5, 5.41) is 4.87. The van der Waals surface area contributed by atoms with Crippen LogP contribution in [0.2, 0.25) is 0 Å². The van der Waals surface area contributed by atoms with E-state index in [2.05, 4.69) is 37.4 Å². The van der Waals surface area contributed by atoms with E-state index in [1.54, 1.807) is 0 Å². The van der Waals surface area contributed by atoms with Crippen molar-refractivity contribution < 1.29 is 4.42 Å². The fourth-order valence-electron chi connectivity index (χ4n) is 2.76. The number of benzene rings is 1. The molecule has 0 aliphatic heterocycles. The summed E-state index contributed by atoms with van der Waals surface area (Å²) < 4.78 is 5.89. The molecule has 3 rings (SSSR count). The lowest BCUT2D eigenvalue weighted by Crippen LogP contribution is -2.21. The Bertz CT molecular complexity index is 498. The lowest BCUT2D eigenvalue weighted by Gasteiger charge is -2.10. The van der Waals surface area contributed by atoms with E-state index in [0.29, 0.717) is 12.1 Å². The van der Waals surface area contributed by atoms with Crippen LogP contribution in [-0.2, 0) is 0 Å². The van der Waals surface area contributed by atoms with Crippen molar-refractivity contribution in [2.45, 2.75) is 45.2 Å².